The minimum absolute atomic E-state index is 0.0267. The second kappa shape index (κ2) is 6.02. The van der Waals surface area contributed by atoms with E-state index in [-0.39, 0.29) is 12.6 Å². The zero-order valence-corrected chi connectivity index (χ0v) is 13.6. The van der Waals surface area contributed by atoms with E-state index >= 15 is 0 Å². The first-order valence-electron chi connectivity index (χ1n) is 7.20. The van der Waals surface area contributed by atoms with Gasteiger partial charge in [0.15, 0.2) is 0 Å². The Hall–Kier alpha value is -0.980. The fourth-order valence-corrected chi connectivity index (χ4v) is 4.29. The summed E-state index contributed by atoms with van der Waals surface area (Å²) < 4.78 is 11.7. The summed E-state index contributed by atoms with van der Waals surface area (Å²) >= 11 is 3.53. The van der Waals surface area contributed by atoms with Crippen molar-refractivity contribution < 1.29 is 14.3 Å². The third-order valence-electron chi connectivity index (χ3n) is 4.72. The van der Waals surface area contributed by atoms with E-state index in [0.29, 0.717) is 11.8 Å². The molecule has 1 aliphatic carbocycles. The van der Waals surface area contributed by atoms with Crippen LogP contribution in [0.25, 0.3) is 0 Å². The van der Waals surface area contributed by atoms with Crippen LogP contribution in [0.3, 0.4) is 0 Å². The standard InChI is InChI=1S/C15H19BrN2O3/c1-20-13(19)9-21-15(11-3-2-6-18-14(11)16)5-4-10-7-17-8-12(10)15/h2-3,6,10,12,17H,4-5,7-9H2,1H3. The zero-order chi connectivity index (χ0) is 14.9. The molecule has 114 valence electrons. The SMILES string of the molecule is COC(=O)COC1(c2cccnc2Br)CCC2CNCC21. The molecule has 0 aromatic carbocycles. The van der Waals surface area contributed by atoms with Gasteiger partial charge in [-0.1, -0.05) is 6.07 Å². The first-order chi connectivity index (χ1) is 10.2. The van der Waals surface area contributed by atoms with Gasteiger partial charge in [-0.2, -0.15) is 0 Å². The average Bonchev–Trinajstić information content (AvgIpc) is 3.09. The van der Waals surface area contributed by atoms with Crippen LogP contribution in [0.1, 0.15) is 18.4 Å². The van der Waals surface area contributed by atoms with Crippen molar-refractivity contribution in [3.8, 4) is 0 Å². The Kier molecular flexibility index (Phi) is 4.28. The number of halogens is 1. The van der Waals surface area contributed by atoms with Crippen molar-refractivity contribution in [1.29, 1.82) is 0 Å². The highest BCUT2D eigenvalue weighted by molar-refractivity contribution is 9.10. The monoisotopic (exact) mass is 354 g/mol. The fraction of sp³-hybridized carbons (Fsp3) is 0.600. The number of rotatable bonds is 4. The Morgan fingerprint density at radius 2 is 2.43 bits per heavy atom. The molecule has 0 amide bonds. The number of ether oxygens (including phenoxy) is 2. The minimum atomic E-state index is -0.463. The van der Waals surface area contributed by atoms with Crippen LogP contribution in [0.4, 0.5) is 0 Å². The molecule has 21 heavy (non-hydrogen) atoms. The van der Waals surface area contributed by atoms with Crippen molar-refractivity contribution in [3.63, 3.8) is 0 Å². The van der Waals surface area contributed by atoms with E-state index in [4.69, 9.17) is 9.47 Å². The molecule has 6 heteroatoms. The van der Waals surface area contributed by atoms with Crippen LogP contribution in [0, 0.1) is 11.8 Å². The summed E-state index contributed by atoms with van der Waals surface area (Å²) in [5.74, 6) is 0.612. The number of carbonyl (C=O) groups is 1. The summed E-state index contributed by atoms with van der Waals surface area (Å²) in [6.45, 7) is 1.90. The van der Waals surface area contributed by atoms with Crippen molar-refractivity contribution in [2.75, 3.05) is 26.8 Å². The molecule has 1 saturated heterocycles. The first kappa shape index (κ1) is 14.9. The number of methoxy groups -OCH3 is 1. The summed E-state index contributed by atoms with van der Waals surface area (Å²) in [4.78, 5) is 15.9. The smallest absolute Gasteiger partial charge is 0.331 e. The van der Waals surface area contributed by atoms with Crippen molar-refractivity contribution in [2.24, 2.45) is 11.8 Å². The van der Waals surface area contributed by atoms with Gasteiger partial charge in [0.05, 0.1) is 7.11 Å². The van der Waals surface area contributed by atoms with Crippen LogP contribution in [-0.2, 0) is 19.9 Å². The van der Waals surface area contributed by atoms with E-state index in [1.54, 1.807) is 6.20 Å². The maximum Gasteiger partial charge on any atom is 0.331 e. The van der Waals surface area contributed by atoms with E-state index < -0.39 is 5.60 Å². The lowest BCUT2D eigenvalue weighted by molar-refractivity contribution is -0.157. The van der Waals surface area contributed by atoms with Crippen LogP contribution in [0.2, 0.25) is 0 Å². The van der Waals surface area contributed by atoms with Crippen molar-refractivity contribution >= 4 is 21.9 Å². The molecule has 0 bridgehead atoms. The Bertz CT molecular complexity index is 539. The molecule has 3 atom stereocenters. The average molecular weight is 355 g/mol. The lowest BCUT2D eigenvalue weighted by Crippen LogP contribution is -2.39. The van der Waals surface area contributed by atoms with Gasteiger partial charge in [-0.05, 0) is 47.3 Å². The molecular formula is C15H19BrN2O3. The highest BCUT2D eigenvalue weighted by atomic mass is 79.9. The molecule has 1 aromatic rings. The van der Waals surface area contributed by atoms with Crippen LogP contribution < -0.4 is 5.32 Å². The zero-order valence-electron chi connectivity index (χ0n) is 12.0. The van der Waals surface area contributed by atoms with E-state index in [1.165, 1.54) is 7.11 Å². The summed E-state index contributed by atoms with van der Waals surface area (Å²) in [5, 5.41) is 3.44. The van der Waals surface area contributed by atoms with E-state index in [2.05, 4.69) is 26.2 Å². The van der Waals surface area contributed by atoms with Crippen LogP contribution in [0.5, 0.6) is 0 Å². The number of nitrogens with one attached hydrogen (secondary N) is 1. The van der Waals surface area contributed by atoms with E-state index in [9.17, 15) is 4.79 Å². The molecule has 3 unspecified atom stereocenters. The maximum atomic E-state index is 11.5. The van der Waals surface area contributed by atoms with E-state index in [0.717, 1.165) is 36.1 Å². The largest absolute Gasteiger partial charge is 0.467 e. The van der Waals surface area contributed by atoms with Crippen molar-refractivity contribution in [1.82, 2.24) is 10.3 Å². The molecule has 3 rings (SSSR count). The van der Waals surface area contributed by atoms with Gasteiger partial charge in [0.1, 0.15) is 16.8 Å². The number of pyridine rings is 1. The number of carbonyl (C=O) groups excluding carboxylic acids is 1. The number of nitrogens with zero attached hydrogens (tertiary/aromatic N) is 1. The van der Waals surface area contributed by atoms with Gasteiger partial charge in [-0.25, -0.2) is 9.78 Å². The van der Waals surface area contributed by atoms with E-state index in [1.807, 2.05) is 12.1 Å². The van der Waals surface area contributed by atoms with Gasteiger partial charge in [0.2, 0.25) is 0 Å². The second-order valence-corrected chi connectivity index (χ2v) is 6.41. The lowest BCUT2D eigenvalue weighted by atomic mass is 9.82. The van der Waals surface area contributed by atoms with Gasteiger partial charge >= 0.3 is 5.97 Å². The van der Waals surface area contributed by atoms with Crippen LogP contribution in [-0.4, -0.2) is 37.8 Å². The normalized spacial score (nSPS) is 31.1. The molecule has 0 spiro atoms. The summed E-state index contributed by atoms with van der Waals surface area (Å²) in [6.07, 6.45) is 3.76. The summed E-state index contributed by atoms with van der Waals surface area (Å²) in [5.41, 5.74) is 0.570. The predicted molar refractivity (Wildman–Crippen MR) is 80.7 cm³/mol. The Labute approximate surface area is 132 Å². The molecule has 2 fully saturated rings. The molecule has 2 aliphatic rings. The third kappa shape index (κ3) is 2.60. The fourth-order valence-electron chi connectivity index (χ4n) is 3.71. The second-order valence-electron chi connectivity index (χ2n) is 5.66. The number of hydrogen-bond donors (Lipinski definition) is 1. The lowest BCUT2D eigenvalue weighted by Gasteiger charge is -2.35. The molecule has 0 radical (unpaired) electrons. The highest BCUT2D eigenvalue weighted by Crippen LogP contribution is 2.52. The third-order valence-corrected chi connectivity index (χ3v) is 5.35. The first-order valence-corrected chi connectivity index (χ1v) is 7.99. The topological polar surface area (TPSA) is 60.5 Å². The highest BCUT2D eigenvalue weighted by Gasteiger charge is 2.53. The van der Waals surface area contributed by atoms with Gasteiger partial charge in [0, 0.05) is 24.2 Å². The molecule has 1 N–H and O–H groups in total. The summed E-state index contributed by atoms with van der Waals surface area (Å²) in [7, 11) is 1.38. The Morgan fingerprint density at radius 1 is 1.57 bits per heavy atom. The number of fused-ring (bicyclic) bond motifs is 1. The quantitative estimate of drug-likeness (QED) is 0.660. The van der Waals surface area contributed by atoms with Gasteiger partial charge in [-0.3, -0.25) is 0 Å². The molecule has 2 heterocycles. The molecule has 1 aliphatic heterocycles. The van der Waals surface area contributed by atoms with Crippen LogP contribution >= 0.6 is 15.9 Å². The molecule has 5 nitrogen and oxygen atoms in total. The van der Waals surface area contributed by atoms with Crippen LogP contribution in [0.15, 0.2) is 22.9 Å². The predicted octanol–water partition coefficient (Wildman–Crippen LogP) is 1.86. The Morgan fingerprint density at radius 3 is 3.19 bits per heavy atom. The maximum absolute atomic E-state index is 11.5. The molecular weight excluding hydrogens is 336 g/mol. The van der Waals surface area contributed by atoms with Gasteiger partial charge in [-0.15, -0.1) is 0 Å². The number of aromatic nitrogens is 1. The van der Waals surface area contributed by atoms with Gasteiger partial charge in [0.25, 0.3) is 0 Å². The van der Waals surface area contributed by atoms with Crippen molar-refractivity contribution in [2.45, 2.75) is 18.4 Å². The number of esters is 1. The minimum Gasteiger partial charge on any atom is -0.467 e. The number of hydrogen-bond acceptors (Lipinski definition) is 5. The Balaban J connectivity index is 1.95. The van der Waals surface area contributed by atoms with Gasteiger partial charge < -0.3 is 14.8 Å². The summed E-state index contributed by atoms with van der Waals surface area (Å²) in [6, 6.07) is 3.95. The molecule has 1 aromatic heterocycles. The molecule has 1 saturated carbocycles. The van der Waals surface area contributed by atoms with Crippen molar-refractivity contribution in [3.05, 3.63) is 28.5 Å².